The lowest BCUT2D eigenvalue weighted by Gasteiger charge is -2.06. The van der Waals surface area contributed by atoms with E-state index >= 15 is 0 Å². The van der Waals surface area contributed by atoms with Crippen LogP contribution >= 0.6 is 0 Å². The van der Waals surface area contributed by atoms with Crippen molar-refractivity contribution >= 4 is 5.78 Å². The topological polar surface area (TPSA) is 26.3 Å². The van der Waals surface area contributed by atoms with Crippen molar-refractivity contribution in [2.45, 2.75) is 19.8 Å². The summed E-state index contributed by atoms with van der Waals surface area (Å²) in [5.41, 5.74) is 1.29. The Labute approximate surface area is 118 Å². The minimum absolute atomic E-state index is 0.0300. The van der Waals surface area contributed by atoms with E-state index < -0.39 is 0 Å². The fraction of sp³-hybridized carbons (Fsp3) is 0.235. The summed E-state index contributed by atoms with van der Waals surface area (Å²) in [6, 6.07) is 13.2. The minimum Gasteiger partial charge on any atom is -0.494 e. The summed E-state index contributed by atoms with van der Waals surface area (Å²) in [4.78, 5) is 12.1. The second kappa shape index (κ2) is 6.85. The molecular formula is C17H17FO2. The zero-order valence-electron chi connectivity index (χ0n) is 11.4. The predicted molar refractivity (Wildman–Crippen MR) is 76.7 cm³/mol. The first-order valence-corrected chi connectivity index (χ1v) is 6.69. The molecule has 0 N–H and O–H groups in total. The molecule has 20 heavy (non-hydrogen) atoms. The first-order valence-electron chi connectivity index (χ1n) is 6.69. The Morgan fingerprint density at radius 3 is 2.55 bits per heavy atom. The molecule has 2 aromatic carbocycles. The van der Waals surface area contributed by atoms with Crippen molar-refractivity contribution in [2.24, 2.45) is 0 Å². The molecule has 2 nitrogen and oxygen atoms in total. The van der Waals surface area contributed by atoms with Crippen molar-refractivity contribution in [2.75, 3.05) is 6.61 Å². The second-order valence-electron chi connectivity index (χ2n) is 4.60. The Bertz CT molecular complexity index is 576. The normalized spacial score (nSPS) is 10.3. The van der Waals surface area contributed by atoms with Gasteiger partial charge in [-0.05, 0) is 48.4 Å². The van der Waals surface area contributed by atoms with E-state index in [4.69, 9.17) is 4.74 Å². The highest BCUT2D eigenvalue weighted by molar-refractivity contribution is 5.97. The molecule has 0 radical (unpaired) electrons. The van der Waals surface area contributed by atoms with E-state index in [-0.39, 0.29) is 18.0 Å². The second-order valence-corrected chi connectivity index (χ2v) is 4.60. The highest BCUT2D eigenvalue weighted by Crippen LogP contribution is 2.15. The number of benzene rings is 2. The Balaban J connectivity index is 2.02. The van der Waals surface area contributed by atoms with Crippen molar-refractivity contribution < 1.29 is 13.9 Å². The summed E-state index contributed by atoms with van der Waals surface area (Å²) in [5.74, 6) is 0.408. The van der Waals surface area contributed by atoms with Crippen LogP contribution in [0.3, 0.4) is 0 Å². The lowest BCUT2D eigenvalue weighted by Crippen LogP contribution is -2.04. The molecule has 0 aliphatic rings. The molecule has 104 valence electrons. The number of hydrogen-bond acceptors (Lipinski definition) is 2. The third-order valence-electron chi connectivity index (χ3n) is 2.90. The van der Waals surface area contributed by atoms with Crippen LogP contribution in [0, 0.1) is 5.82 Å². The highest BCUT2D eigenvalue weighted by atomic mass is 19.1. The summed E-state index contributed by atoms with van der Waals surface area (Å²) in [6.07, 6.45) is 1.15. The molecule has 0 atom stereocenters. The monoisotopic (exact) mass is 272 g/mol. The molecule has 0 aromatic heterocycles. The number of ether oxygens (including phenoxy) is 1. The lowest BCUT2D eigenvalue weighted by molar-refractivity contribution is 0.0993. The first kappa shape index (κ1) is 14.3. The van der Waals surface area contributed by atoms with Gasteiger partial charge in [-0.3, -0.25) is 4.79 Å². The molecule has 2 rings (SSSR count). The van der Waals surface area contributed by atoms with Gasteiger partial charge in [0.1, 0.15) is 11.6 Å². The van der Waals surface area contributed by atoms with E-state index in [9.17, 15) is 9.18 Å². The van der Waals surface area contributed by atoms with Gasteiger partial charge in [-0.1, -0.05) is 19.1 Å². The zero-order valence-corrected chi connectivity index (χ0v) is 11.4. The number of halogens is 1. The highest BCUT2D eigenvalue weighted by Gasteiger charge is 2.08. The maximum atomic E-state index is 13.1. The van der Waals surface area contributed by atoms with E-state index in [1.807, 2.05) is 6.92 Å². The maximum absolute atomic E-state index is 13.1. The van der Waals surface area contributed by atoms with Gasteiger partial charge < -0.3 is 4.74 Å². The third kappa shape index (κ3) is 3.92. The predicted octanol–water partition coefficient (Wildman–Crippen LogP) is 4.04. The van der Waals surface area contributed by atoms with E-state index in [0.717, 1.165) is 12.2 Å². The van der Waals surface area contributed by atoms with Gasteiger partial charge in [0, 0.05) is 12.0 Å². The number of ketones is 1. The van der Waals surface area contributed by atoms with Gasteiger partial charge >= 0.3 is 0 Å². The Hall–Kier alpha value is -2.16. The number of Topliss-reactive ketones (excluding diaryl/α,β-unsaturated/α-hetero) is 1. The molecule has 0 saturated carbocycles. The van der Waals surface area contributed by atoms with Crippen LogP contribution in [0.4, 0.5) is 4.39 Å². The molecule has 0 unspecified atom stereocenters. The molecule has 0 heterocycles. The summed E-state index contributed by atoms with van der Waals surface area (Å²) in [6.45, 7) is 2.70. The van der Waals surface area contributed by atoms with Gasteiger partial charge in [-0.25, -0.2) is 4.39 Å². The molecule has 2 aromatic rings. The average molecular weight is 272 g/mol. The Kier molecular flexibility index (Phi) is 4.88. The molecule has 0 fully saturated rings. The van der Waals surface area contributed by atoms with Crippen LogP contribution in [0.2, 0.25) is 0 Å². The zero-order chi connectivity index (χ0) is 14.4. The van der Waals surface area contributed by atoms with Gasteiger partial charge in [0.25, 0.3) is 0 Å². The van der Waals surface area contributed by atoms with Crippen molar-refractivity contribution in [3.63, 3.8) is 0 Å². The Morgan fingerprint density at radius 1 is 1.15 bits per heavy atom. The number of carbonyl (C=O) groups excluding carboxylic acids is 1. The van der Waals surface area contributed by atoms with Gasteiger partial charge in [-0.2, -0.15) is 0 Å². The maximum Gasteiger partial charge on any atom is 0.167 e. The van der Waals surface area contributed by atoms with Crippen molar-refractivity contribution in [1.82, 2.24) is 0 Å². The van der Waals surface area contributed by atoms with E-state index in [0.29, 0.717) is 17.7 Å². The fourth-order valence-corrected chi connectivity index (χ4v) is 1.89. The lowest BCUT2D eigenvalue weighted by atomic mass is 10.0. The van der Waals surface area contributed by atoms with Gasteiger partial charge in [0.05, 0.1) is 6.61 Å². The van der Waals surface area contributed by atoms with Gasteiger partial charge in [0.2, 0.25) is 0 Å². The van der Waals surface area contributed by atoms with Gasteiger partial charge in [-0.15, -0.1) is 0 Å². The summed E-state index contributed by atoms with van der Waals surface area (Å²) in [5, 5.41) is 0. The van der Waals surface area contributed by atoms with E-state index in [2.05, 4.69) is 0 Å². The van der Waals surface area contributed by atoms with E-state index in [1.54, 1.807) is 36.4 Å². The third-order valence-corrected chi connectivity index (χ3v) is 2.90. The van der Waals surface area contributed by atoms with Crippen LogP contribution in [-0.4, -0.2) is 12.4 Å². The molecular weight excluding hydrogens is 255 g/mol. The molecule has 0 amide bonds. The number of hydrogen-bond donors (Lipinski definition) is 0. The van der Waals surface area contributed by atoms with Crippen molar-refractivity contribution in [3.8, 4) is 5.75 Å². The minimum atomic E-state index is -0.321. The summed E-state index contributed by atoms with van der Waals surface area (Å²) < 4.78 is 18.5. The molecule has 0 aliphatic heterocycles. The van der Waals surface area contributed by atoms with Crippen LogP contribution in [0.15, 0.2) is 48.5 Å². The largest absolute Gasteiger partial charge is 0.494 e. The summed E-state index contributed by atoms with van der Waals surface area (Å²) >= 11 is 0. The quantitative estimate of drug-likeness (QED) is 0.742. The molecule has 0 bridgehead atoms. The Morgan fingerprint density at radius 2 is 1.90 bits per heavy atom. The standard InChI is InChI=1S/C17H17FO2/c1-2-10-20-16-8-6-14(7-9-16)17(19)12-13-4-3-5-15(18)11-13/h3-9,11H,2,10,12H2,1H3. The van der Waals surface area contributed by atoms with E-state index in [1.165, 1.54) is 12.1 Å². The summed E-state index contributed by atoms with van der Waals surface area (Å²) in [7, 11) is 0. The average Bonchev–Trinajstić information content (AvgIpc) is 2.45. The first-order chi connectivity index (χ1) is 9.69. The van der Waals surface area contributed by atoms with Crippen molar-refractivity contribution in [1.29, 1.82) is 0 Å². The van der Waals surface area contributed by atoms with Crippen molar-refractivity contribution in [3.05, 3.63) is 65.5 Å². The molecule has 0 saturated heterocycles. The smallest absolute Gasteiger partial charge is 0.167 e. The fourth-order valence-electron chi connectivity index (χ4n) is 1.89. The van der Waals surface area contributed by atoms with Crippen LogP contribution in [0.5, 0.6) is 5.75 Å². The van der Waals surface area contributed by atoms with Crippen LogP contribution in [0.1, 0.15) is 29.3 Å². The number of carbonyl (C=O) groups is 1. The molecule has 0 aliphatic carbocycles. The van der Waals surface area contributed by atoms with Gasteiger partial charge in [0.15, 0.2) is 5.78 Å². The SMILES string of the molecule is CCCOc1ccc(C(=O)Cc2cccc(F)c2)cc1. The number of rotatable bonds is 6. The molecule has 0 spiro atoms. The van der Waals surface area contributed by atoms with Crippen LogP contribution < -0.4 is 4.74 Å². The van der Waals surface area contributed by atoms with Crippen LogP contribution in [-0.2, 0) is 6.42 Å². The van der Waals surface area contributed by atoms with Crippen LogP contribution in [0.25, 0.3) is 0 Å². The molecule has 3 heteroatoms.